The highest BCUT2D eigenvalue weighted by atomic mass is 16.5. The summed E-state index contributed by atoms with van der Waals surface area (Å²) in [5, 5.41) is 9.08. The van der Waals surface area contributed by atoms with Gasteiger partial charge in [0.15, 0.2) is 6.61 Å². The largest absolute Gasteiger partial charge is 0.465 e. The van der Waals surface area contributed by atoms with Gasteiger partial charge in [0, 0.05) is 29.1 Å². The molecular weight excluding hydrogens is 320 g/mol. The Hall–Kier alpha value is -3.07. The molecule has 0 saturated heterocycles. The van der Waals surface area contributed by atoms with Crippen LogP contribution >= 0.6 is 0 Å². The van der Waals surface area contributed by atoms with Crippen molar-refractivity contribution in [3.05, 3.63) is 52.7 Å². The number of rotatable bonds is 6. The first-order valence-corrected chi connectivity index (χ1v) is 8.05. The lowest BCUT2D eigenvalue weighted by atomic mass is 10.1. The molecule has 3 rings (SSSR count). The molecule has 0 bridgehead atoms. The molecule has 2 heterocycles. The first-order valence-electron chi connectivity index (χ1n) is 8.05. The summed E-state index contributed by atoms with van der Waals surface area (Å²) < 4.78 is 12.2. The summed E-state index contributed by atoms with van der Waals surface area (Å²) in [7, 11) is 0. The van der Waals surface area contributed by atoms with Gasteiger partial charge in [-0.05, 0) is 44.9 Å². The van der Waals surface area contributed by atoms with E-state index in [1.54, 1.807) is 18.2 Å². The second-order valence-corrected chi connectivity index (χ2v) is 6.07. The minimum Gasteiger partial charge on any atom is -0.465 e. The third-order valence-electron chi connectivity index (χ3n) is 4.20. The summed E-state index contributed by atoms with van der Waals surface area (Å²) in [6.45, 7) is 3.47. The van der Waals surface area contributed by atoms with E-state index in [9.17, 15) is 9.59 Å². The highest BCUT2D eigenvalue weighted by molar-refractivity contribution is 6.02. The Morgan fingerprint density at radius 2 is 2.20 bits per heavy atom. The van der Waals surface area contributed by atoms with E-state index in [0.717, 1.165) is 24.2 Å². The third-order valence-corrected chi connectivity index (χ3v) is 4.20. The topological polar surface area (TPSA) is 85.2 Å². The van der Waals surface area contributed by atoms with Gasteiger partial charge < -0.3 is 13.7 Å². The van der Waals surface area contributed by atoms with Crippen molar-refractivity contribution < 1.29 is 18.7 Å². The van der Waals surface area contributed by atoms with Crippen LogP contribution in [0.5, 0.6) is 0 Å². The average molecular weight is 338 g/mol. The number of hydrogen-bond donors (Lipinski definition) is 0. The van der Waals surface area contributed by atoms with Crippen molar-refractivity contribution in [2.45, 2.75) is 32.7 Å². The molecule has 1 aliphatic carbocycles. The molecule has 0 aromatic carbocycles. The van der Waals surface area contributed by atoms with E-state index in [0.29, 0.717) is 17.4 Å². The molecule has 0 amide bonds. The minimum absolute atomic E-state index is 0.216. The zero-order valence-corrected chi connectivity index (χ0v) is 14.1. The number of nitriles is 1. The Bertz CT molecular complexity index is 877. The zero-order chi connectivity index (χ0) is 18.0. The maximum Gasteiger partial charge on any atom is 0.349 e. The van der Waals surface area contributed by atoms with Crippen LogP contribution in [0, 0.1) is 25.2 Å². The number of esters is 1. The molecule has 6 heteroatoms. The molecule has 0 atom stereocenters. The van der Waals surface area contributed by atoms with Crippen molar-refractivity contribution >= 4 is 17.8 Å². The molecule has 0 unspecified atom stereocenters. The van der Waals surface area contributed by atoms with Gasteiger partial charge in [-0.1, -0.05) is 0 Å². The first kappa shape index (κ1) is 16.8. The Balaban J connectivity index is 1.67. The van der Waals surface area contributed by atoms with Crippen molar-refractivity contribution in [3.63, 3.8) is 0 Å². The van der Waals surface area contributed by atoms with E-state index in [-0.39, 0.29) is 11.4 Å². The van der Waals surface area contributed by atoms with Crippen LogP contribution in [0.4, 0.5) is 0 Å². The van der Waals surface area contributed by atoms with Crippen LogP contribution < -0.4 is 0 Å². The molecule has 1 aliphatic rings. The Morgan fingerprint density at radius 3 is 2.80 bits per heavy atom. The molecular formula is C19H18N2O4. The molecule has 128 valence electrons. The quantitative estimate of drug-likeness (QED) is 0.349. The smallest absolute Gasteiger partial charge is 0.349 e. The summed E-state index contributed by atoms with van der Waals surface area (Å²) >= 11 is 0. The van der Waals surface area contributed by atoms with Gasteiger partial charge in [-0.2, -0.15) is 5.26 Å². The van der Waals surface area contributed by atoms with Crippen LogP contribution in [0.25, 0.3) is 6.08 Å². The Morgan fingerprint density at radius 1 is 1.44 bits per heavy atom. The fourth-order valence-corrected chi connectivity index (χ4v) is 2.89. The molecule has 1 fully saturated rings. The maximum absolute atomic E-state index is 12.4. The number of carbonyl (C=O) groups excluding carboxylic acids is 2. The standard InChI is InChI=1S/C19H18N2O4/c1-12-8-17(13(2)21(12)15-5-6-15)18(22)11-25-19(23)14(10-20)9-16-4-3-7-24-16/h3-4,7-9,15H,5-6,11H2,1-2H3. The summed E-state index contributed by atoms with van der Waals surface area (Å²) in [4.78, 5) is 24.4. The molecule has 2 aromatic rings. The van der Waals surface area contributed by atoms with Gasteiger partial charge in [0.05, 0.1) is 6.26 Å². The number of aromatic nitrogens is 1. The SMILES string of the molecule is Cc1cc(C(=O)COC(=O)C(C#N)=Cc2ccco2)c(C)n1C1CC1. The second-order valence-electron chi connectivity index (χ2n) is 6.07. The summed E-state index contributed by atoms with van der Waals surface area (Å²) in [5.74, 6) is -0.750. The molecule has 0 spiro atoms. The highest BCUT2D eigenvalue weighted by Gasteiger charge is 2.28. The number of ketones is 1. The molecule has 2 aromatic heterocycles. The second kappa shape index (κ2) is 6.81. The highest BCUT2D eigenvalue weighted by Crippen LogP contribution is 2.38. The molecule has 0 N–H and O–H groups in total. The van der Waals surface area contributed by atoms with Gasteiger partial charge in [0.1, 0.15) is 17.4 Å². The van der Waals surface area contributed by atoms with E-state index in [1.807, 2.05) is 19.9 Å². The molecule has 1 saturated carbocycles. The van der Waals surface area contributed by atoms with Crippen LogP contribution in [0.3, 0.4) is 0 Å². The lowest BCUT2D eigenvalue weighted by Crippen LogP contribution is -2.15. The van der Waals surface area contributed by atoms with E-state index in [2.05, 4.69) is 4.57 Å². The summed E-state index contributed by atoms with van der Waals surface area (Å²) in [5.41, 5.74) is 2.27. The maximum atomic E-state index is 12.4. The predicted octanol–water partition coefficient (Wildman–Crippen LogP) is 3.37. The Kier molecular flexibility index (Phi) is 4.57. The number of carbonyl (C=O) groups is 2. The predicted molar refractivity (Wildman–Crippen MR) is 89.8 cm³/mol. The van der Waals surface area contributed by atoms with E-state index >= 15 is 0 Å². The van der Waals surface area contributed by atoms with E-state index < -0.39 is 12.6 Å². The van der Waals surface area contributed by atoms with Crippen LogP contribution in [0.2, 0.25) is 0 Å². The zero-order valence-electron chi connectivity index (χ0n) is 14.1. The number of Topliss-reactive ketones (excluding diaryl/α,β-unsaturated/α-hetero) is 1. The van der Waals surface area contributed by atoms with Gasteiger partial charge in [0.2, 0.25) is 5.78 Å². The van der Waals surface area contributed by atoms with Gasteiger partial charge in [-0.3, -0.25) is 4.79 Å². The molecule has 6 nitrogen and oxygen atoms in total. The number of aryl methyl sites for hydroxylation is 1. The van der Waals surface area contributed by atoms with Crippen molar-refractivity contribution in [2.75, 3.05) is 6.61 Å². The first-order chi connectivity index (χ1) is 12.0. The van der Waals surface area contributed by atoms with Crippen LogP contribution in [0.1, 0.15) is 46.4 Å². The van der Waals surface area contributed by atoms with Crippen LogP contribution in [0.15, 0.2) is 34.5 Å². The lowest BCUT2D eigenvalue weighted by Gasteiger charge is -2.07. The van der Waals surface area contributed by atoms with Crippen molar-refractivity contribution in [2.24, 2.45) is 0 Å². The number of hydrogen-bond acceptors (Lipinski definition) is 5. The molecule has 0 radical (unpaired) electrons. The lowest BCUT2D eigenvalue weighted by molar-refractivity contribution is -0.137. The Labute approximate surface area is 145 Å². The van der Waals surface area contributed by atoms with Crippen molar-refractivity contribution in [3.8, 4) is 6.07 Å². The van der Waals surface area contributed by atoms with E-state index in [1.165, 1.54) is 12.3 Å². The van der Waals surface area contributed by atoms with Gasteiger partial charge in [-0.15, -0.1) is 0 Å². The van der Waals surface area contributed by atoms with Crippen LogP contribution in [-0.2, 0) is 9.53 Å². The van der Waals surface area contributed by atoms with Gasteiger partial charge in [0.25, 0.3) is 0 Å². The fourth-order valence-electron chi connectivity index (χ4n) is 2.89. The monoisotopic (exact) mass is 338 g/mol. The van der Waals surface area contributed by atoms with Gasteiger partial charge >= 0.3 is 5.97 Å². The normalized spacial score (nSPS) is 14.2. The number of ether oxygens (including phenoxy) is 1. The minimum atomic E-state index is -0.844. The summed E-state index contributed by atoms with van der Waals surface area (Å²) in [6, 6.07) is 7.32. The van der Waals surface area contributed by atoms with Gasteiger partial charge in [-0.25, -0.2) is 4.79 Å². The average Bonchev–Trinajstić information content (AvgIpc) is 3.19. The third kappa shape index (κ3) is 3.56. The van der Waals surface area contributed by atoms with E-state index in [4.69, 9.17) is 14.4 Å². The number of nitrogens with zero attached hydrogens (tertiary/aromatic N) is 2. The molecule has 25 heavy (non-hydrogen) atoms. The van der Waals surface area contributed by atoms with Crippen molar-refractivity contribution in [1.82, 2.24) is 4.57 Å². The number of furan rings is 1. The summed E-state index contributed by atoms with van der Waals surface area (Å²) in [6.07, 6.45) is 4.97. The van der Waals surface area contributed by atoms with Crippen molar-refractivity contribution in [1.29, 1.82) is 5.26 Å². The fraction of sp³-hybridized carbons (Fsp3) is 0.316. The molecule has 0 aliphatic heterocycles. The van der Waals surface area contributed by atoms with Crippen LogP contribution in [-0.4, -0.2) is 22.9 Å².